The maximum atomic E-state index is 12.2. The van der Waals surface area contributed by atoms with Gasteiger partial charge in [-0.3, -0.25) is 4.79 Å². The molecule has 0 bridgehead atoms. The van der Waals surface area contributed by atoms with Gasteiger partial charge in [0.25, 0.3) is 11.7 Å². The lowest BCUT2D eigenvalue weighted by molar-refractivity contribution is -0.193. The zero-order valence-electron chi connectivity index (χ0n) is 10.8. The fourth-order valence-corrected chi connectivity index (χ4v) is 2.54. The van der Waals surface area contributed by atoms with E-state index in [0.29, 0.717) is 0 Å². The highest BCUT2D eigenvalue weighted by atomic mass is 16.8. The fourth-order valence-electron chi connectivity index (χ4n) is 2.54. The van der Waals surface area contributed by atoms with Crippen LogP contribution in [0.25, 0.3) is 0 Å². The molecule has 2 aliphatic rings. The molecule has 0 aromatic heterocycles. The average Bonchev–Trinajstić information content (AvgIpc) is 3.04. The normalized spacial score (nSPS) is 39.2. The number of amides is 1. The molecule has 1 amide bonds. The van der Waals surface area contributed by atoms with Crippen LogP contribution in [0.3, 0.4) is 0 Å². The molecule has 4 nitrogen and oxygen atoms in total. The Morgan fingerprint density at radius 3 is 2.33 bits per heavy atom. The van der Waals surface area contributed by atoms with Crippen molar-refractivity contribution in [3.63, 3.8) is 0 Å². The van der Waals surface area contributed by atoms with Gasteiger partial charge in [-0.2, -0.15) is 0 Å². The summed E-state index contributed by atoms with van der Waals surface area (Å²) >= 11 is 0. The zero-order chi connectivity index (χ0) is 12.9. The summed E-state index contributed by atoms with van der Waals surface area (Å²) in [7, 11) is 1.81. The molecule has 18 heavy (non-hydrogen) atoms. The lowest BCUT2D eigenvalue weighted by Crippen LogP contribution is -2.54. The molecule has 0 saturated carbocycles. The number of likely N-dealkylation sites (N-methyl/N-ethyl adjacent to an activating group) is 1. The molecular weight excluding hydrogens is 230 g/mol. The summed E-state index contributed by atoms with van der Waals surface area (Å²) in [6.45, 7) is 3.86. The average molecular weight is 247 g/mol. The Morgan fingerprint density at radius 2 is 1.78 bits per heavy atom. The quantitative estimate of drug-likeness (QED) is 0.710. The zero-order valence-corrected chi connectivity index (χ0v) is 10.8. The molecule has 2 heterocycles. The fraction of sp³-hybridized carbons (Fsp3) is 0.500. The Balaban J connectivity index is 1.94. The number of hydrogen-bond donors (Lipinski definition) is 0. The smallest absolute Gasteiger partial charge is 0.285 e. The second-order valence-corrected chi connectivity index (χ2v) is 5.03. The standard InChI is InChI=1S/C14H17NO3/c1-9-12(11-7-5-4-6-8-11)18-14(10(2)17-14)13(16)15(9)3/h4-10,12H,1-3H3/t9-,10-,12-,14+/m0/s1. The van der Waals surface area contributed by atoms with Gasteiger partial charge in [0.2, 0.25) is 0 Å². The first kappa shape index (κ1) is 11.7. The number of hydrogen-bond acceptors (Lipinski definition) is 3. The number of carbonyl (C=O) groups excluding carboxylic acids is 1. The van der Waals surface area contributed by atoms with E-state index in [4.69, 9.17) is 9.47 Å². The number of ether oxygens (including phenoxy) is 2. The topological polar surface area (TPSA) is 42.1 Å². The van der Waals surface area contributed by atoms with E-state index in [-0.39, 0.29) is 24.2 Å². The van der Waals surface area contributed by atoms with Gasteiger partial charge < -0.3 is 14.4 Å². The van der Waals surface area contributed by atoms with Crippen LogP contribution in [0.15, 0.2) is 30.3 Å². The van der Waals surface area contributed by atoms with Crippen molar-refractivity contribution < 1.29 is 14.3 Å². The van der Waals surface area contributed by atoms with Crippen molar-refractivity contribution in [2.45, 2.75) is 37.9 Å². The third-order valence-electron chi connectivity index (χ3n) is 3.93. The number of morpholine rings is 1. The van der Waals surface area contributed by atoms with Crippen LogP contribution < -0.4 is 0 Å². The van der Waals surface area contributed by atoms with Crippen molar-refractivity contribution in [1.82, 2.24) is 4.90 Å². The molecule has 2 aliphatic heterocycles. The van der Waals surface area contributed by atoms with E-state index < -0.39 is 5.79 Å². The highest BCUT2D eigenvalue weighted by Crippen LogP contribution is 2.47. The van der Waals surface area contributed by atoms with E-state index in [1.807, 2.05) is 51.2 Å². The lowest BCUT2D eigenvalue weighted by atomic mass is 9.98. The van der Waals surface area contributed by atoms with E-state index in [1.165, 1.54) is 0 Å². The predicted octanol–water partition coefficient (Wildman–Crippen LogP) is 1.72. The van der Waals surface area contributed by atoms with Crippen molar-refractivity contribution in [3.05, 3.63) is 35.9 Å². The molecule has 0 aliphatic carbocycles. The van der Waals surface area contributed by atoms with Gasteiger partial charge in [0.15, 0.2) is 0 Å². The number of nitrogens with zero attached hydrogens (tertiary/aromatic N) is 1. The molecule has 96 valence electrons. The van der Waals surface area contributed by atoms with Crippen LogP contribution in [0.2, 0.25) is 0 Å². The molecule has 0 unspecified atom stereocenters. The molecule has 2 fully saturated rings. The minimum Gasteiger partial charge on any atom is -0.335 e. The first-order valence-electron chi connectivity index (χ1n) is 6.24. The second-order valence-electron chi connectivity index (χ2n) is 5.03. The van der Waals surface area contributed by atoms with Crippen LogP contribution in [0.5, 0.6) is 0 Å². The summed E-state index contributed by atoms with van der Waals surface area (Å²) < 4.78 is 11.4. The van der Waals surface area contributed by atoms with Crippen molar-refractivity contribution in [1.29, 1.82) is 0 Å². The minimum atomic E-state index is -1.04. The highest BCUT2D eigenvalue weighted by Gasteiger charge is 2.67. The van der Waals surface area contributed by atoms with Crippen LogP contribution >= 0.6 is 0 Å². The Kier molecular flexibility index (Phi) is 2.47. The number of carbonyl (C=O) groups is 1. The Morgan fingerprint density at radius 1 is 1.17 bits per heavy atom. The summed E-state index contributed by atoms with van der Waals surface area (Å²) in [6, 6.07) is 9.97. The van der Waals surface area contributed by atoms with Gasteiger partial charge in [-0.15, -0.1) is 0 Å². The molecule has 4 atom stereocenters. The van der Waals surface area contributed by atoms with E-state index in [2.05, 4.69) is 0 Å². The summed E-state index contributed by atoms with van der Waals surface area (Å²) in [5, 5.41) is 0. The monoisotopic (exact) mass is 247 g/mol. The molecule has 1 aromatic rings. The van der Waals surface area contributed by atoms with E-state index >= 15 is 0 Å². The van der Waals surface area contributed by atoms with Gasteiger partial charge in [-0.1, -0.05) is 30.3 Å². The van der Waals surface area contributed by atoms with Gasteiger partial charge in [0.1, 0.15) is 12.2 Å². The van der Waals surface area contributed by atoms with Crippen molar-refractivity contribution in [2.75, 3.05) is 7.05 Å². The second kappa shape index (κ2) is 3.80. The molecule has 1 aromatic carbocycles. The summed E-state index contributed by atoms with van der Waals surface area (Å²) in [5.41, 5.74) is 1.08. The number of rotatable bonds is 1. The summed E-state index contributed by atoms with van der Waals surface area (Å²) in [6.07, 6.45) is -0.301. The Bertz CT molecular complexity index is 475. The minimum absolute atomic E-state index is 0.00178. The Labute approximate surface area is 106 Å². The molecule has 2 saturated heterocycles. The first-order valence-corrected chi connectivity index (χ1v) is 6.24. The summed E-state index contributed by atoms with van der Waals surface area (Å²) in [5.74, 6) is -1.11. The maximum absolute atomic E-state index is 12.2. The van der Waals surface area contributed by atoms with Crippen LogP contribution in [0, 0.1) is 0 Å². The highest BCUT2D eigenvalue weighted by molar-refractivity contribution is 5.87. The van der Waals surface area contributed by atoms with E-state index in [0.717, 1.165) is 5.56 Å². The molecule has 0 N–H and O–H groups in total. The van der Waals surface area contributed by atoms with Crippen molar-refractivity contribution in [2.24, 2.45) is 0 Å². The lowest BCUT2D eigenvalue weighted by Gasteiger charge is -2.40. The number of benzene rings is 1. The predicted molar refractivity (Wildman–Crippen MR) is 65.8 cm³/mol. The third-order valence-corrected chi connectivity index (χ3v) is 3.93. The van der Waals surface area contributed by atoms with Gasteiger partial charge in [0, 0.05) is 7.05 Å². The van der Waals surface area contributed by atoms with Gasteiger partial charge in [-0.25, -0.2) is 0 Å². The molecule has 1 spiro atoms. The SMILES string of the molecule is C[C@@H]1O[C@@]12O[C@H](c1ccccc1)[C@H](C)N(C)C2=O. The maximum Gasteiger partial charge on any atom is 0.285 e. The molecular formula is C14H17NO3. The largest absolute Gasteiger partial charge is 0.335 e. The molecule has 4 heteroatoms. The number of epoxide rings is 1. The van der Waals surface area contributed by atoms with Crippen LogP contribution in [0.4, 0.5) is 0 Å². The van der Waals surface area contributed by atoms with Gasteiger partial charge in [-0.05, 0) is 19.4 Å². The van der Waals surface area contributed by atoms with Crippen LogP contribution in [-0.2, 0) is 14.3 Å². The Hall–Kier alpha value is -1.39. The third kappa shape index (κ3) is 1.49. The van der Waals surface area contributed by atoms with E-state index in [9.17, 15) is 4.79 Å². The summed E-state index contributed by atoms with van der Waals surface area (Å²) in [4.78, 5) is 13.9. The first-order chi connectivity index (χ1) is 8.56. The van der Waals surface area contributed by atoms with Crippen LogP contribution in [0.1, 0.15) is 25.5 Å². The van der Waals surface area contributed by atoms with Crippen molar-refractivity contribution in [3.8, 4) is 0 Å². The van der Waals surface area contributed by atoms with Gasteiger partial charge >= 0.3 is 0 Å². The van der Waals surface area contributed by atoms with Crippen LogP contribution in [-0.4, -0.2) is 35.8 Å². The van der Waals surface area contributed by atoms with E-state index in [1.54, 1.807) is 4.90 Å². The van der Waals surface area contributed by atoms with Gasteiger partial charge in [0.05, 0.1) is 6.04 Å². The molecule has 3 rings (SSSR count). The molecule has 0 radical (unpaired) electrons. The van der Waals surface area contributed by atoms with Crippen molar-refractivity contribution >= 4 is 5.91 Å².